The van der Waals surface area contributed by atoms with Crippen molar-refractivity contribution in [3.8, 4) is 0 Å². The summed E-state index contributed by atoms with van der Waals surface area (Å²) in [6, 6.07) is 1.80. The molecule has 2 aliphatic rings. The fraction of sp³-hybridized carbons (Fsp3) is 0.600. The highest BCUT2D eigenvalue weighted by Gasteiger charge is 2.42. The van der Waals surface area contributed by atoms with Crippen molar-refractivity contribution < 1.29 is 9.59 Å². The number of nitrogens with zero attached hydrogens (tertiary/aromatic N) is 5. The number of aromatic amines is 1. The smallest absolute Gasteiger partial charge is 0.274 e. The van der Waals surface area contributed by atoms with E-state index in [1.165, 1.54) is 0 Å². The average molecular weight is 384 g/mol. The maximum Gasteiger partial charge on any atom is 0.274 e. The number of hydrogen-bond donors (Lipinski definition) is 1. The summed E-state index contributed by atoms with van der Waals surface area (Å²) < 4.78 is 1.78. The summed E-state index contributed by atoms with van der Waals surface area (Å²) in [5.41, 5.74) is 1.56. The molecule has 28 heavy (non-hydrogen) atoms. The van der Waals surface area contributed by atoms with Crippen molar-refractivity contribution in [2.45, 2.75) is 45.6 Å². The third kappa shape index (κ3) is 3.81. The molecule has 4 rings (SSSR count). The molecule has 0 radical (unpaired) electrons. The predicted molar refractivity (Wildman–Crippen MR) is 104 cm³/mol. The summed E-state index contributed by atoms with van der Waals surface area (Å²) in [6.45, 7) is 5.66. The fourth-order valence-electron chi connectivity index (χ4n) is 4.51. The molecular formula is C20H28N6O2. The molecular weight excluding hydrogens is 356 g/mol. The van der Waals surface area contributed by atoms with Crippen molar-refractivity contribution in [2.24, 2.45) is 5.41 Å². The van der Waals surface area contributed by atoms with Crippen LogP contribution >= 0.6 is 0 Å². The Hall–Kier alpha value is -2.64. The molecule has 0 bridgehead atoms. The Morgan fingerprint density at radius 1 is 1.32 bits per heavy atom. The van der Waals surface area contributed by atoms with E-state index in [1.807, 2.05) is 22.9 Å². The minimum Gasteiger partial charge on any atom is -0.348 e. The van der Waals surface area contributed by atoms with Gasteiger partial charge in [-0.3, -0.25) is 14.3 Å². The summed E-state index contributed by atoms with van der Waals surface area (Å²) >= 11 is 0. The first kappa shape index (κ1) is 18.7. The second-order valence-corrected chi connectivity index (χ2v) is 8.03. The summed E-state index contributed by atoms with van der Waals surface area (Å²) in [7, 11) is 0. The maximum absolute atomic E-state index is 12.9. The van der Waals surface area contributed by atoms with Gasteiger partial charge < -0.3 is 14.8 Å². The number of H-pyrrole nitrogens is 1. The van der Waals surface area contributed by atoms with Gasteiger partial charge in [0.2, 0.25) is 5.91 Å². The molecule has 8 nitrogen and oxygen atoms in total. The first-order chi connectivity index (χ1) is 13.6. The molecule has 150 valence electrons. The second-order valence-electron chi connectivity index (χ2n) is 8.03. The van der Waals surface area contributed by atoms with Gasteiger partial charge in [0.15, 0.2) is 0 Å². The predicted octanol–water partition coefficient (Wildman–Crippen LogP) is 1.71. The van der Waals surface area contributed by atoms with Crippen molar-refractivity contribution >= 4 is 11.8 Å². The number of amides is 2. The van der Waals surface area contributed by atoms with E-state index in [0.29, 0.717) is 25.2 Å². The van der Waals surface area contributed by atoms with Gasteiger partial charge in [-0.25, -0.2) is 4.98 Å². The number of hydrogen-bond acceptors (Lipinski definition) is 4. The molecule has 0 aliphatic carbocycles. The van der Waals surface area contributed by atoms with Crippen molar-refractivity contribution in [1.82, 2.24) is 29.5 Å². The van der Waals surface area contributed by atoms with Gasteiger partial charge in [0.25, 0.3) is 5.91 Å². The first-order valence-electron chi connectivity index (χ1n) is 10.2. The Morgan fingerprint density at radius 2 is 2.21 bits per heavy atom. The van der Waals surface area contributed by atoms with Crippen LogP contribution in [0.5, 0.6) is 0 Å². The quantitative estimate of drug-likeness (QED) is 0.850. The van der Waals surface area contributed by atoms with Crippen LogP contribution in [0.1, 0.15) is 48.8 Å². The van der Waals surface area contributed by atoms with Crippen LogP contribution in [0.2, 0.25) is 0 Å². The highest BCUT2D eigenvalue weighted by atomic mass is 16.2. The van der Waals surface area contributed by atoms with E-state index in [2.05, 4.69) is 15.1 Å². The Bertz CT molecular complexity index is 830. The minimum atomic E-state index is 0.00310. The van der Waals surface area contributed by atoms with Crippen LogP contribution in [0.4, 0.5) is 0 Å². The zero-order valence-electron chi connectivity index (χ0n) is 16.4. The van der Waals surface area contributed by atoms with Gasteiger partial charge >= 0.3 is 0 Å². The zero-order valence-corrected chi connectivity index (χ0v) is 16.4. The summed E-state index contributed by atoms with van der Waals surface area (Å²) in [5, 5.41) is 4.37. The van der Waals surface area contributed by atoms with E-state index < -0.39 is 0 Å². The van der Waals surface area contributed by atoms with Crippen LogP contribution in [0.3, 0.4) is 0 Å². The molecule has 4 heterocycles. The molecule has 2 aliphatic heterocycles. The van der Waals surface area contributed by atoms with E-state index in [0.717, 1.165) is 51.0 Å². The second kappa shape index (κ2) is 7.77. The third-order valence-corrected chi connectivity index (χ3v) is 6.09. The highest BCUT2D eigenvalue weighted by molar-refractivity contribution is 5.92. The van der Waals surface area contributed by atoms with Gasteiger partial charge in [-0.05, 0) is 32.3 Å². The van der Waals surface area contributed by atoms with Gasteiger partial charge in [-0.15, -0.1) is 0 Å². The molecule has 0 saturated carbocycles. The Balaban J connectivity index is 1.42. The first-order valence-corrected chi connectivity index (χ1v) is 10.2. The van der Waals surface area contributed by atoms with Gasteiger partial charge in [-0.2, -0.15) is 5.10 Å². The third-order valence-electron chi connectivity index (χ3n) is 6.09. The Morgan fingerprint density at radius 3 is 2.96 bits per heavy atom. The van der Waals surface area contributed by atoms with Gasteiger partial charge in [0.05, 0.1) is 6.33 Å². The molecule has 1 unspecified atom stereocenters. The van der Waals surface area contributed by atoms with Crippen molar-refractivity contribution in [3.63, 3.8) is 0 Å². The lowest BCUT2D eigenvalue weighted by Gasteiger charge is -2.48. The van der Waals surface area contributed by atoms with Crippen molar-refractivity contribution in [3.05, 3.63) is 36.2 Å². The lowest BCUT2D eigenvalue weighted by molar-refractivity contribution is -0.138. The normalized spacial score (nSPS) is 22.8. The summed E-state index contributed by atoms with van der Waals surface area (Å²) in [4.78, 5) is 36.5. The fourth-order valence-corrected chi connectivity index (χ4v) is 4.51. The van der Waals surface area contributed by atoms with Crippen molar-refractivity contribution in [1.29, 1.82) is 0 Å². The van der Waals surface area contributed by atoms with E-state index in [1.54, 1.807) is 23.3 Å². The largest absolute Gasteiger partial charge is 0.348 e. The maximum atomic E-state index is 12.9. The van der Waals surface area contributed by atoms with Crippen LogP contribution in [0.25, 0.3) is 0 Å². The number of imidazole rings is 1. The molecule has 2 amide bonds. The zero-order chi connectivity index (χ0) is 19.6. The van der Waals surface area contributed by atoms with Crippen LogP contribution in [0.15, 0.2) is 24.8 Å². The standard InChI is InChI=1S/C20H28N6O2/c1-2-26-11-6-17(23-26)19(28)25-9-3-7-20(14-25)8-4-18(27)24(13-20)10-5-16-12-21-15-22-16/h6,11-12,15H,2-5,7-10,13-14H2,1H3,(H,21,22). The van der Waals surface area contributed by atoms with E-state index in [9.17, 15) is 9.59 Å². The SMILES string of the molecule is CCn1ccc(C(=O)N2CCCC3(CCC(=O)N(CCc4cnc[nH]4)C3)C2)n1. The van der Waals surface area contributed by atoms with E-state index in [4.69, 9.17) is 0 Å². The monoisotopic (exact) mass is 384 g/mol. The number of carbonyl (C=O) groups excluding carboxylic acids is 2. The summed E-state index contributed by atoms with van der Waals surface area (Å²) in [5.74, 6) is 0.225. The Labute approximate surface area is 164 Å². The molecule has 2 saturated heterocycles. The van der Waals surface area contributed by atoms with E-state index >= 15 is 0 Å². The molecule has 2 aromatic heterocycles. The Kier molecular flexibility index (Phi) is 5.19. The van der Waals surface area contributed by atoms with Gasteiger partial charge in [0, 0.05) is 69.1 Å². The molecule has 1 spiro atoms. The van der Waals surface area contributed by atoms with Gasteiger partial charge in [-0.1, -0.05) is 0 Å². The van der Waals surface area contributed by atoms with Crippen LogP contribution in [-0.2, 0) is 17.8 Å². The highest BCUT2D eigenvalue weighted by Crippen LogP contribution is 2.39. The molecule has 2 aromatic rings. The number of aryl methyl sites for hydroxylation is 1. The number of carbonyl (C=O) groups is 2. The van der Waals surface area contributed by atoms with Crippen LogP contribution in [0, 0.1) is 5.41 Å². The number of aromatic nitrogens is 4. The number of nitrogens with one attached hydrogen (secondary N) is 1. The number of piperidine rings is 2. The average Bonchev–Trinajstić information content (AvgIpc) is 3.40. The van der Waals surface area contributed by atoms with Crippen LogP contribution in [-0.4, -0.2) is 67.5 Å². The number of rotatable bonds is 5. The van der Waals surface area contributed by atoms with E-state index in [-0.39, 0.29) is 17.2 Å². The lowest BCUT2D eigenvalue weighted by Crippen LogP contribution is -2.55. The molecule has 8 heteroatoms. The number of likely N-dealkylation sites (tertiary alicyclic amines) is 2. The molecule has 1 N–H and O–H groups in total. The lowest BCUT2D eigenvalue weighted by atomic mass is 9.73. The van der Waals surface area contributed by atoms with Crippen molar-refractivity contribution in [2.75, 3.05) is 26.2 Å². The molecule has 1 atom stereocenters. The molecule has 2 fully saturated rings. The van der Waals surface area contributed by atoms with Crippen LogP contribution < -0.4 is 0 Å². The van der Waals surface area contributed by atoms with Gasteiger partial charge in [0.1, 0.15) is 5.69 Å². The summed E-state index contributed by atoms with van der Waals surface area (Å²) in [6.07, 6.45) is 9.56. The topological polar surface area (TPSA) is 87.1 Å². The minimum absolute atomic E-state index is 0.00310. The molecule has 0 aromatic carbocycles.